The van der Waals surface area contributed by atoms with Gasteiger partial charge in [-0.25, -0.2) is 9.78 Å². The Hall–Kier alpha value is -2.80. The van der Waals surface area contributed by atoms with Crippen molar-refractivity contribution in [2.24, 2.45) is 5.92 Å². The number of aryl methyl sites for hydroxylation is 1. The molecule has 29 heavy (non-hydrogen) atoms. The second-order valence-corrected chi connectivity index (χ2v) is 7.72. The van der Waals surface area contributed by atoms with E-state index in [0.717, 1.165) is 25.1 Å². The maximum atomic E-state index is 12.2. The zero-order chi connectivity index (χ0) is 20.8. The largest absolute Gasteiger partial charge is 0.493 e. The highest BCUT2D eigenvalue weighted by molar-refractivity contribution is 5.89. The number of amides is 2. The van der Waals surface area contributed by atoms with Gasteiger partial charge in [-0.2, -0.15) is 0 Å². The molecular weight excluding hydrogens is 368 g/mol. The lowest BCUT2D eigenvalue weighted by Gasteiger charge is -2.20. The molecule has 2 amide bonds. The van der Waals surface area contributed by atoms with Crippen LogP contribution < -0.4 is 20.1 Å². The molecule has 1 atom stereocenters. The van der Waals surface area contributed by atoms with Crippen molar-refractivity contribution >= 4 is 11.7 Å². The van der Waals surface area contributed by atoms with Crippen LogP contribution in [0.2, 0.25) is 0 Å². The van der Waals surface area contributed by atoms with Crippen molar-refractivity contribution in [1.82, 2.24) is 15.2 Å². The minimum absolute atomic E-state index is 0.219. The summed E-state index contributed by atoms with van der Waals surface area (Å²) in [4.78, 5) is 18.9. The summed E-state index contributed by atoms with van der Waals surface area (Å²) in [5.41, 5.74) is 1.70. The van der Waals surface area contributed by atoms with Gasteiger partial charge in [-0.15, -0.1) is 0 Å². The number of nitrogens with one attached hydrogen (secondary N) is 2. The van der Waals surface area contributed by atoms with Gasteiger partial charge in [0.25, 0.3) is 0 Å². The molecule has 2 aromatic rings. The summed E-state index contributed by atoms with van der Waals surface area (Å²) < 4.78 is 11.1. The topological polar surface area (TPSA) is 75.7 Å². The third-order valence-corrected chi connectivity index (χ3v) is 5.13. The van der Waals surface area contributed by atoms with Crippen LogP contribution in [0.5, 0.6) is 17.4 Å². The van der Waals surface area contributed by atoms with Crippen LogP contribution in [0.1, 0.15) is 25.8 Å². The quantitative estimate of drug-likeness (QED) is 0.736. The number of nitrogens with zero attached hydrogens (tertiary/aromatic N) is 2. The fourth-order valence-electron chi connectivity index (χ4n) is 3.40. The summed E-state index contributed by atoms with van der Waals surface area (Å²) in [7, 11) is 1.60. The predicted molar refractivity (Wildman–Crippen MR) is 114 cm³/mol. The molecule has 0 radical (unpaired) electrons. The molecule has 3 rings (SSSR count). The number of rotatable bonds is 7. The second-order valence-electron chi connectivity index (χ2n) is 7.72. The molecule has 1 saturated heterocycles. The molecule has 2 N–H and O–H groups in total. The van der Waals surface area contributed by atoms with Crippen LogP contribution >= 0.6 is 0 Å². The Morgan fingerprint density at radius 1 is 1.28 bits per heavy atom. The van der Waals surface area contributed by atoms with Crippen molar-refractivity contribution in [2.45, 2.75) is 33.2 Å². The maximum absolute atomic E-state index is 12.2. The van der Waals surface area contributed by atoms with Crippen molar-refractivity contribution in [2.75, 3.05) is 32.1 Å². The molecule has 7 heteroatoms. The van der Waals surface area contributed by atoms with E-state index in [1.54, 1.807) is 25.4 Å². The maximum Gasteiger partial charge on any atom is 0.319 e. The Kier molecular flexibility index (Phi) is 6.93. The summed E-state index contributed by atoms with van der Waals surface area (Å²) >= 11 is 0. The summed E-state index contributed by atoms with van der Waals surface area (Å²) in [6.45, 7) is 9.21. The number of ether oxygens (including phenoxy) is 2. The van der Waals surface area contributed by atoms with E-state index in [-0.39, 0.29) is 6.03 Å². The zero-order valence-corrected chi connectivity index (χ0v) is 17.6. The number of hydrogen-bond acceptors (Lipinski definition) is 5. The third-order valence-electron chi connectivity index (χ3n) is 5.13. The highest BCUT2D eigenvalue weighted by atomic mass is 16.5. The number of benzene rings is 1. The van der Waals surface area contributed by atoms with E-state index in [9.17, 15) is 4.79 Å². The second kappa shape index (κ2) is 9.60. The number of pyridine rings is 1. The van der Waals surface area contributed by atoms with Crippen LogP contribution in [-0.4, -0.2) is 48.7 Å². The molecule has 0 bridgehead atoms. The summed E-state index contributed by atoms with van der Waals surface area (Å²) in [5.74, 6) is 2.17. The molecule has 0 spiro atoms. The van der Waals surface area contributed by atoms with E-state index in [1.165, 1.54) is 0 Å². The third kappa shape index (κ3) is 5.84. The molecule has 2 heterocycles. The van der Waals surface area contributed by atoms with Crippen molar-refractivity contribution < 1.29 is 14.3 Å². The number of carbonyl (C=O) groups excluding carboxylic acids is 1. The van der Waals surface area contributed by atoms with Gasteiger partial charge >= 0.3 is 6.03 Å². The van der Waals surface area contributed by atoms with E-state index in [0.29, 0.717) is 41.6 Å². The number of carbonyl (C=O) groups is 1. The van der Waals surface area contributed by atoms with Gasteiger partial charge in [-0.05, 0) is 63.4 Å². The Morgan fingerprint density at radius 2 is 2.10 bits per heavy atom. The fourth-order valence-corrected chi connectivity index (χ4v) is 3.40. The minimum Gasteiger partial charge on any atom is -0.493 e. The average Bonchev–Trinajstić information content (AvgIpc) is 3.19. The normalized spacial score (nSPS) is 16.7. The van der Waals surface area contributed by atoms with Crippen molar-refractivity contribution in [1.29, 1.82) is 0 Å². The molecule has 1 aliphatic rings. The standard InChI is InChI=1S/C22H30N4O3/c1-15(2)26-10-9-17(14-26)12-24-22(27)25-18-6-8-21(23-13-18)29-19-7-5-16(3)11-20(19)28-4/h5-8,11,13,15,17H,9-10,12,14H2,1-4H3,(H2,24,25,27). The molecule has 1 unspecified atom stereocenters. The molecule has 156 valence electrons. The number of anilines is 1. The Morgan fingerprint density at radius 3 is 2.76 bits per heavy atom. The molecule has 0 saturated carbocycles. The van der Waals surface area contributed by atoms with Crippen LogP contribution in [0.4, 0.5) is 10.5 Å². The molecule has 0 aliphatic carbocycles. The number of methoxy groups -OCH3 is 1. The van der Waals surface area contributed by atoms with Gasteiger partial charge in [0.05, 0.1) is 19.0 Å². The lowest BCUT2D eigenvalue weighted by molar-refractivity contribution is 0.247. The SMILES string of the molecule is COc1cc(C)ccc1Oc1ccc(NC(=O)NCC2CCN(C(C)C)C2)cn1. The lowest BCUT2D eigenvalue weighted by Crippen LogP contribution is -2.35. The summed E-state index contributed by atoms with van der Waals surface area (Å²) in [5, 5.41) is 5.77. The van der Waals surface area contributed by atoms with E-state index in [4.69, 9.17) is 9.47 Å². The van der Waals surface area contributed by atoms with Crippen molar-refractivity contribution in [3.63, 3.8) is 0 Å². The van der Waals surface area contributed by atoms with Gasteiger partial charge in [-0.1, -0.05) is 6.07 Å². The molecular formula is C22H30N4O3. The average molecular weight is 399 g/mol. The molecule has 1 aliphatic heterocycles. The Bertz CT molecular complexity index is 823. The van der Waals surface area contributed by atoms with Crippen LogP contribution in [0.3, 0.4) is 0 Å². The smallest absolute Gasteiger partial charge is 0.319 e. The first kappa shape index (κ1) is 20.9. The van der Waals surface area contributed by atoms with E-state index in [2.05, 4.69) is 34.4 Å². The number of aromatic nitrogens is 1. The van der Waals surface area contributed by atoms with Gasteiger partial charge in [0, 0.05) is 25.2 Å². The highest BCUT2D eigenvalue weighted by Crippen LogP contribution is 2.31. The summed E-state index contributed by atoms with van der Waals surface area (Å²) in [6.07, 6.45) is 2.69. The number of hydrogen-bond donors (Lipinski definition) is 2. The van der Waals surface area contributed by atoms with Crippen LogP contribution in [0.15, 0.2) is 36.5 Å². The van der Waals surface area contributed by atoms with Crippen LogP contribution in [0.25, 0.3) is 0 Å². The van der Waals surface area contributed by atoms with Gasteiger partial charge in [0.2, 0.25) is 5.88 Å². The predicted octanol–water partition coefficient (Wildman–Crippen LogP) is 4.04. The van der Waals surface area contributed by atoms with Gasteiger partial charge in [-0.3, -0.25) is 0 Å². The number of urea groups is 1. The van der Waals surface area contributed by atoms with E-state index >= 15 is 0 Å². The van der Waals surface area contributed by atoms with Crippen molar-refractivity contribution in [3.05, 3.63) is 42.1 Å². The number of likely N-dealkylation sites (tertiary alicyclic amines) is 1. The first-order valence-electron chi connectivity index (χ1n) is 10.0. The van der Waals surface area contributed by atoms with Crippen LogP contribution in [0, 0.1) is 12.8 Å². The Labute approximate surface area is 172 Å². The van der Waals surface area contributed by atoms with Gasteiger partial charge in [0.15, 0.2) is 11.5 Å². The monoisotopic (exact) mass is 398 g/mol. The van der Waals surface area contributed by atoms with E-state index in [1.807, 2.05) is 25.1 Å². The van der Waals surface area contributed by atoms with Crippen molar-refractivity contribution in [3.8, 4) is 17.4 Å². The summed E-state index contributed by atoms with van der Waals surface area (Å²) in [6, 6.07) is 9.51. The van der Waals surface area contributed by atoms with Gasteiger partial charge in [0.1, 0.15) is 0 Å². The first-order valence-corrected chi connectivity index (χ1v) is 10.0. The minimum atomic E-state index is -0.219. The lowest BCUT2D eigenvalue weighted by atomic mass is 10.1. The van der Waals surface area contributed by atoms with E-state index < -0.39 is 0 Å². The zero-order valence-electron chi connectivity index (χ0n) is 17.6. The first-order chi connectivity index (χ1) is 13.9. The fraction of sp³-hybridized carbons (Fsp3) is 0.455. The Balaban J connectivity index is 1.48. The molecule has 1 fully saturated rings. The highest BCUT2D eigenvalue weighted by Gasteiger charge is 2.24. The molecule has 7 nitrogen and oxygen atoms in total. The molecule has 1 aromatic heterocycles. The molecule has 1 aromatic carbocycles. The van der Waals surface area contributed by atoms with Crippen LogP contribution in [-0.2, 0) is 0 Å². The van der Waals surface area contributed by atoms with Gasteiger partial charge < -0.3 is 25.0 Å².